The molecule has 3 aromatic rings. The molecule has 2 aliphatic rings. The number of carbonyl (C=O) groups excluding carboxylic acids is 4. The number of likely N-dealkylation sites (tertiary alicyclic amines) is 1. The van der Waals surface area contributed by atoms with Crippen molar-refractivity contribution in [2.24, 2.45) is 11.1 Å². The van der Waals surface area contributed by atoms with E-state index in [-0.39, 0.29) is 36.6 Å². The van der Waals surface area contributed by atoms with Crippen LogP contribution in [-0.2, 0) is 31.0 Å². The molecule has 0 spiro atoms. The van der Waals surface area contributed by atoms with Gasteiger partial charge in [0, 0.05) is 38.3 Å². The number of aliphatic hydroxyl groups excluding tert-OH is 1. The Hall–Kier alpha value is -4.58. The van der Waals surface area contributed by atoms with Gasteiger partial charge in [0.25, 0.3) is 0 Å². The van der Waals surface area contributed by atoms with Gasteiger partial charge in [-0.3, -0.25) is 19.2 Å². The lowest BCUT2D eigenvalue weighted by Crippen LogP contribution is -2.54. The molecule has 12 heteroatoms. The van der Waals surface area contributed by atoms with Crippen LogP contribution in [0.25, 0.3) is 11.1 Å². The van der Waals surface area contributed by atoms with E-state index in [4.69, 9.17) is 5.73 Å². The number of primary amides is 1. The minimum absolute atomic E-state index is 0.0219. The third kappa shape index (κ3) is 7.28. The van der Waals surface area contributed by atoms with Crippen molar-refractivity contribution in [3.63, 3.8) is 0 Å². The summed E-state index contributed by atoms with van der Waals surface area (Å²) >= 11 is 0. The highest BCUT2D eigenvalue weighted by molar-refractivity contribution is 5.93. The average molecular weight is 630 g/mol. The van der Waals surface area contributed by atoms with Crippen molar-refractivity contribution in [2.45, 2.75) is 83.0 Å². The van der Waals surface area contributed by atoms with E-state index in [9.17, 15) is 24.3 Å². The Morgan fingerprint density at radius 3 is 2.28 bits per heavy atom. The van der Waals surface area contributed by atoms with E-state index in [2.05, 4.69) is 20.9 Å². The maximum Gasteiger partial charge on any atom is 0.248 e. The number of hydrogen-bond donors (Lipinski definition) is 4. The van der Waals surface area contributed by atoms with Crippen LogP contribution in [0.5, 0.6) is 0 Å². The van der Waals surface area contributed by atoms with Crippen LogP contribution in [0.4, 0.5) is 0 Å². The maximum atomic E-state index is 14.2. The molecule has 46 heavy (non-hydrogen) atoms. The first-order valence-corrected chi connectivity index (χ1v) is 15.7. The van der Waals surface area contributed by atoms with Crippen LogP contribution in [0.15, 0.2) is 60.8 Å². The molecule has 5 rings (SSSR count). The van der Waals surface area contributed by atoms with Crippen LogP contribution in [-0.4, -0.2) is 79.9 Å². The van der Waals surface area contributed by atoms with Crippen molar-refractivity contribution < 1.29 is 24.3 Å². The Balaban J connectivity index is 1.31. The molecule has 2 heterocycles. The lowest BCUT2D eigenvalue weighted by atomic mass is 9.85. The van der Waals surface area contributed by atoms with Crippen molar-refractivity contribution in [3.05, 3.63) is 72.1 Å². The number of nitrogens with zero attached hydrogens (tertiary/aromatic N) is 4. The first kappa shape index (κ1) is 32.8. The number of benzene rings is 2. The van der Waals surface area contributed by atoms with Gasteiger partial charge < -0.3 is 26.4 Å². The predicted molar refractivity (Wildman–Crippen MR) is 171 cm³/mol. The van der Waals surface area contributed by atoms with Crippen LogP contribution in [0.3, 0.4) is 0 Å². The first-order valence-electron chi connectivity index (χ1n) is 15.7. The molecule has 2 unspecified atom stereocenters. The quantitative estimate of drug-likeness (QED) is 0.251. The van der Waals surface area contributed by atoms with Crippen molar-refractivity contribution in [1.82, 2.24) is 30.5 Å². The van der Waals surface area contributed by atoms with Gasteiger partial charge in [-0.05, 0) is 34.9 Å². The minimum Gasteiger partial charge on any atom is -0.391 e. The van der Waals surface area contributed by atoms with Gasteiger partial charge >= 0.3 is 0 Å². The van der Waals surface area contributed by atoms with Crippen molar-refractivity contribution >= 4 is 23.6 Å². The number of amides is 4. The zero-order chi connectivity index (χ0) is 33.2. The van der Waals surface area contributed by atoms with Crippen LogP contribution in [0.2, 0.25) is 0 Å². The van der Waals surface area contributed by atoms with Gasteiger partial charge in [0.2, 0.25) is 23.6 Å². The van der Waals surface area contributed by atoms with E-state index >= 15 is 0 Å². The summed E-state index contributed by atoms with van der Waals surface area (Å²) in [5.74, 6) is -1.78. The van der Waals surface area contributed by atoms with E-state index in [0.717, 1.165) is 29.5 Å². The number of carbonyl (C=O) groups is 4. The highest BCUT2D eigenvalue weighted by Crippen LogP contribution is 2.47. The number of nitrogens with two attached hydrogens (primary N) is 1. The molecule has 1 aliphatic carbocycles. The fourth-order valence-corrected chi connectivity index (χ4v) is 6.15. The van der Waals surface area contributed by atoms with Crippen LogP contribution < -0.4 is 16.4 Å². The Morgan fingerprint density at radius 1 is 1.04 bits per heavy atom. The normalized spacial score (nSPS) is 20.1. The number of hydrogen-bond acceptors (Lipinski definition) is 7. The molecule has 1 aliphatic heterocycles. The molecule has 1 saturated carbocycles. The number of β-amino-alcohol motifs (C(OH)–C–C–N with tert-alkyl or cyclic N) is 1. The summed E-state index contributed by atoms with van der Waals surface area (Å²) in [6, 6.07) is 14.7. The average Bonchev–Trinajstić information content (AvgIpc) is 3.45. The summed E-state index contributed by atoms with van der Waals surface area (Å²) in [6.45, 7) is 7.56. The SMILES string of the molecule is CC(=O)NCC1(c2cn(C(C(=O)N3C[C@H](O)C[C@H]3C(=O)NC(Cc3ccc(-c4ccccc4)cc3)C(N)=O)C(C)(C)C)nn2)CC1. The molecule has 0 radical (unpaired) electrons. The smallest absolute Gasteiger partial charge is 0.248 e. The van der Waals surface area contributed by atoms with Gasteiger partial charge in [-0.15, -0.1) is 5.10 Å². The predicted octanol–water partition coefficient (Wildman–Crippen LogP) is 1.87. The van der Waals surface area contributed by atoms with Crippen molar-refractivity contribution in [3.8, 4) is 11.1 Å². The zero-order valence-electron chi connectivity index (χ0n) is 26.8. The topological polar surface area (TPSA) is 173 Å². The van der Waals surface area contributed by atoms with Crippen LogP contribution in [0, 0.1) is 5.41 Å². The summed E-state index contributed by atoms with van der Waals surface area (Å²) in [5, 5.41) is 24.9. The molecule has 2 aromatic carbocycles. The van der Waals surface area contributed by atoms with Gasteiger partial charge in [-0.1, -0.05) is 80.6 Å². The summed E-state index contributed by atoms with van der Waals surface area (Å²) in [5.41, 5.74) is 8.35. The van der Waals surface area contributed by atoms with E-state index < -0.39 is 41.5 Å². The second-order valence-electron chi connectivity index (χ2n) is 13.7. The van der Waals surface area contributed by atoms with Crippen molar-refractivity contribution in [1.29, 1.82) is 0 Å². The van der Waals surface area contributed by atoms with Gasteiger partial charge in [-0.2, -0.15) is 0 Å². The standard InChI is InChI=1S/C34H43N7O5/c1-21(42)36-20-34(14-15-34)28-19-41(39-38-28)29(33(2,3)4)32(46)40-18-25(43)17-27(40)31(45)37-26(30(35)44)16-22-10-12-24(13-11-22)23-8-6-5-7-9-23/h5-13,19,25-27,29,43H,14-18,20H2,1-4H3,(H2,35,44)(H,36,42)(H,37,45)/t25-,26?,27+,29?/m1/s1. The number of aromatic nitrogens is 3. The second kappa shape index (κ2) is 13.0. The Kier molecular flexibility index (Phi) is 9.29. The summed E-state index contributed by atoms with van der Waals surface area (Å²) in [4.78, 5) is 53.2. The lowest BCUT2D eigenvalue weighted by Gasteiger charge is -2.35. The molecule has 4 amide bonds. The molecule has 5 N–H and O–H groups in total. The van der Waals surface area contributed by atoms with E-state index in [1.165, 1.54) is 16.5 Å². The molecule has 1 saturated heterocycles. The van der Waals surface area contributed by atoms with E-state index in [1.807, 2.05) is 75.4 Å². The lowest BCUT2D eigenvalue weighted by molar-refractivity contribution is -0.144. The van der Waals surface area contributed by atoms with E-state index in [1.54, 1.807) is 6.20 Å². The fraction of sp³-hybridized carbons (Fsp3) is 0.471. The zero-order valence-corrected chi connectivity index (χ0v) is 26.8. The molecular weight excluding hydrogens is 586 g/mol. The Bertz CT molecular complexity index is 1580. The fourth-order valence-electron chi connectivity index (χ4n) is 6.15. The molecule has 12 nitrogen and oxygen atoms in total. The molecule has 4 atom stereocenters. The number of rotatable bonds is 11. The van der Waals surface area contributed by atoms with Gasteiger partial charge in [0.15, 0.2) is 0 Å². The summed E-state index contributed by atoms with van der Waals surface area (Å²) in [7, 11) is 0. The Morgan fingerprint density at radius 2 is 1.70 bits per heavy atom. The first-order chi connectivity index (χ1) is 21.8. The monoisotopic (exact) mass is 629 g/mol. The molecule has 1 aromatic heterocycles. The summed E-state index contributed by atoms with van der Waals surface area (Å²) < 4.78 is 1.52. The largest absolute Gasteiger partial charge is 0.391 e. The maximum absolute atomic E-state index is 14.2. The molecular formula is C34H43N7O5. The van der Waals surface area contributed by atoms with Gasteiger partial charge in [0.05, 0.1) is 18.0 Å². The second-order valence-corrected chi connectivity index (χ2v) is 13.7. The molecule has 0 bridgehead atoms. The number of aliphatic hydroxyl groups is 1. The van der Waals surface area contributed by atoms with Crippen LogP contribution >= 0.6 is 0 Å². The Labute approximate surface area is 268 Å². The van der Waals surface area contributed by atoms with Crippen molar-refractivity contribution in [2.75, 3.05) is 13.1 Å². The third-order valence-electron chi connectivity index (χ3n) is 8.93. The van der Waals surface area contributed by atoms with E-state index in [0.29, 0.717) is 12.2 Å². The van der Waals surface area contributed by atoms with Gasteiger partial charge in [0.1, 0.15) is 18.1 Å². The highest BCUT2D eigenvalue weighted by Gasteiger charge is 2.49. The third-order valence-corrected chi connectivity index (χ3v) is 8.93. The molecule has 244 valence electrons. The van der Waals surface area contributed by atoms with Crippen LogP contribution in [0.1, 0.15) is 64.3 Å². The molecule has 2 fully saturated rings. The highest BCUT2D eigenvalue weighted by atomic mass is 16.3. The minimum atomic E-state index is -1.01. The van der Waals surface area contributed by atoms with Gasteiger partial charge in [-0.25, -0.2) is 4.68 Å². The number of nitrogens with one attached hydrogen (secondary N) is 2. The summed E-state index contributed by atoms with van der Waals surface area (Å²) in [6.07, 6.45) is 2.71.